The number of pyridine rings is 1. The molecule has 0 unspecified atom stereocenters. The van der Waals surface area contributed by atoms with Crippen LogP contribution in [0.3, 0.4) is 0 Å². The molecule has 5 fully saturated rings. The summed E-state index contributed by atoms with van der Waals surface area (Å²) in [4.78, 5) is 72.2. The number of likely N-dealkylation sites (tertiary alicyclic amines) is 1. The molecule has 6 atom stereocenters. The van der Waals surface area contributed by atoms with Gasteiger partial charge in [0.2, 0.25) is 11.8 Å². The highest BCUT2D eigenvalue weighted by molar-refractivity contribution is 7.13. The Morgan fingerprint density at radius 2 is 1.70 bits per heavy atom. The quantitative estimate of drug-likeness (QED) is 0.0720. The van der Waals surface area contributed by atoms with Crippen molar-refractivity contribution in [1.29, 1.82) is 0 Å². The van der Waals surface area contributed by atoms with Crippen molar-refractivity contribution in [2.75, 3.05) is 89.3 Å². The monoisotopic (exact) mass is 1220 g/mol. The molecule has 0 aliphatic carbocycles. The number of anilines is 2. The topological polar surface area (TPSA) is 214 Å². The Hall–Kier alpha value is -7.53. The van der Waals surface area contributed by atoms with E-state index in [1.807, 2.05) is 86.6 Å². The van der Waals surface area contributed by atoms with Crippen LogP contribution in [0.5, 0.6) is 11.8 Å². The third-order valence-corrected chi connectivity index (χ3v) is 19.7. The molecule has 3 aromatic carbocycles. The van der Waals surface area contributed by atoms with E-state index in [2.05, 4.69) is 38.2 Å². The van der Waals surface area contributed by atoms with Crippen LogP contribution in [0.2, 0.25) is 0 Å². The molecule has 466 valence electrons. The number of aliphatic hydroxyl groups is 1. The zero-order valence-electron chi connectivity index (χ0n) is 51.2. The maximum atomic E-state index is 17.6. The number of thiazole rings is 1. The van der Waals surface area contributed by atoms with Gasteiger partial charge in [-0.1, -0.05) is 81.2 Å². The molecule has 0 saturated carbocycles. The fourth-order valence-electron chi connectivity index (χ4n) is 14.0. The van der Waals surface area contributed by atoms with Gasteiger partial charge in [-0.3, -0.25) is 19.5 Å². The number of halogens is 1. The number of nitrogens with one attached hydrogen (secondary N) is 1. The molecule has 88 heavy (non-hydrogen) atoms. The fraction of sp³-hybridized carbons (Fsp3) is 0.515. The molecule has 0 radical (unpaired) electrons. The number of benzene rings is 3. The van der Waals surface area contributed by atoms with Crippen molar-refractivity contribution >= 4 is 62.6 Å². The van der Waals surface area contributed by atoms with Gasteiger partial charge in [0, 0.05) is 83.2 Å². The first kappa shape index (κ1) is 60.7. The van der Waals surface area contributed by atoms with Crippen LogP contribution in [0.1, 0.15) is 120 Å². The smallest absolute Gasteiger partial charge is 0.409 e. The van der Waals surface area contributed by atoms with Crippen LogP contribution in [0, 0.1) is 18.7 Å². The molecule has 20 nitrogen and oxygen atoms in total. The van der Waals surface area contributed by atoms with E-state index in [1.54, 1.807) is 35.6 Å². The molecule has 0 spiro atoms. The van der Waals surface area contributed by atoms with E-state index < -0.39 is 23.9 Å². The second kappa shape index (κ2) is 26.3. The molecule has 2 N–H and O–H groups in total. The molecular formula is C66H80FN11O9S. The zero-order valence-corrected chi connectivity index (χ0v) is 52.0. The predicted octanol–water partition coefficient (Wildman–Crippen LogP) is 10.2. The maximum absolute atomic E-state index is 17.6. The standard InChI is InChI=1S/C66H80FN11O9S/c1-7-43-14-12-15-46-30-49(86-39-83-6)32-50(56(43)46)58-57(67)59-51(34-68-58)61(75-23-10-8-9-11-24-75)72-64(71-59)85-37-66-21-13-25-78(66)47(20-22-66)36-84-65(82)76-28-26-74(27-29-76)54-33-53(87-73-54)55(40(2)3)63(81)77-35-48(79)31-52(77)62(80)70-41(4)44-16-18-45(19-17-44)60-42(5)69-38-88-60/h12,14-19,30,32-34,38,40-41,47-48,52,55,79H,7-11,13,20-29,31,35-37,39H2,1-6H3,(H,70,80)/t41-,47+,48+,52-,55-,66+/m0/s1. The summed E-state index contributed by atoms with van der Waals surface area (Å²) in [6.45, 7) is 14.5. The Labute approximate surface area is 516 Å². The van der Waals surface area contributed by atoms with Crippen LogP contribution in [-0.4, -0.2) is 166 Å². The summed E-state index contributed by atoms with van der Waals surface area (Å²) in [5.41, 5.74) is 6.43. The van der Waals surface area contributed by atoms with Crippen LogP contribution >= 0.6 is 11.3 Å². The number of carbonyl (C=O) groups excluding carboxylic acids is 3. The Kier molecular flexibility index (Phi) is 18.1. The van der Waals surface area contributed by atoms with Gasteiger partial charge >= 0.3 is 12.1 Å². The lowest BCUT2D eigenvalue weighted by Crippen LogP contribution is -2.50. The zero-order chi connectivity index (χ0) is 61.2. The predicted molar refractivity (Wildman–Crippen MR) is 334 cm³/mol. The number of β-amino-alcohol motifs (C(OH)–C–C–N with tert-alkyl or cyclic N) is 1. The van der Waals surface area contributed by atoms with Crippen LogP contribution in [0.15, 0.2) is 76.9 Å². The van der Waals surface area contributed by atoms with Gasteiger partial charge in [0.05, 0.1) is 39.2 Å². The molecule has 9 heterocycles. The van der Waals surface area contributed by atoms with Gasteiger partial charge in [0.15, 0.2) is 24.2 Å². The SMILES string of the molecule is CCc1cccc2cc(OCOC)cc(-c3ncc4c(N5CCCCCC5)nc(OC[C@]56CCCN5[C@@H](COC(=O)N5CCN(c7cc([C@@H](C(=O)N8C[C@H](O)C[C@H]8C(=O)N[C@@H](C)c8ccc(-c9scnc9C)cc8)C(C)C)on7)CC5)CC6)nc4c3F)c12. The van der Waals surface area contributed by atoms with E-state index in [0.717, 1.165) is 115 Å². The van der Waals surface area contributed by atoms with Gasteiger partial charge in [-0.05, 0) is 111 Å². The highest BCUT2D eigenvalue weighted by atomic mass is 32.1. The Morgan fingerprint density at radius 3 is 2.44 bits per heavy atom. The molecule has 4 aromatic heterocycles. The third-order valence-electron chi connectivity index (χ3n) is 18.7. The molecular weight excluding hydrogens is 1140 g/mol. The number of hydrogen-bond donors (Lipinski definition) is 2. The number of fused-ring (bicyclic) bond motifs is 3. The lowest BCUT2D eigenvalue weighted by molar-refractivity contribution is -0.141. The largest absolute Gasteiger partial charge is 0.468 e. The minimum Gasteiger partial charge on any atom is -0.468 e. The van der Waals surface area contributed by atoms with Gasteiger partial charge in [0.1, 0.15) is 48.0 Å². The van der Waals surface area contributed by atoms with Gasteiger partial charge in [0.25, 0.3) is 0 Å². The van der Waals surface area contributed by atoms with E-state index in [1.165, 1.54) is 4.90 Å². The first-order valence-electron chi connectivity index (χ1n) is 31.3. The van der Waals surface area contributed by atoms with Crippen LogP contribution in [0.4, 0.5) is 20.8 Å². The van der Waals surface area contributed by atoms with Crippen molar-refractivity contribution in [2.24, 2.45) is 5.92 Å². The van der Waals surface area contributed by atoms with Crippen molar-refractivity contribution in [3.63, 3.8) is 0 Å². The summed E-state index contributed by atoms with van der Waals surface area (Å²) in [7, 11) is 1.56. The summed E-state index contributed by atoms with van der Waals surface area (Å²) in [6.07, 6.45) is 9.04. The van der Waals surface area contributed by atoms with Crippen LogP contribution in [-0.2, 0) is 25.5 Å². The van der Waals surface area contributed by atoms with E-state index in [0.29, 0.717) is 66.9 Å². The molecule has 12 rings (SSSR count). The normalized spacial score (nSPS) is 21.5. The van der Waals surface area contributed by atoms with E-state index in [4.69, 9.17) is 38.4 Å². The van der Waals surface area contributed by atoms with Gasteiger partial charge in [-0.15, -0.1) is 11.3 Å². The average molecular weight is 1220 g/mol. The number of amides is 3. The highest BCUT2D eigenvalue weighted by Gasteiger charge is 2.51. The first-order chi connectivity index (χ1) is 42.7. The molecule has 22 heteroatoms. The van der Waals surface area contributed by atoms with Gasteiger partial charge in [-0.2, -0.15) is 9.97 Å². The number of aromatic nitrogens is 5. The number of piperazine rings is 1. The van der Waals surface area contributed by atoms with Crippen LogP contribution < -0.4 is 24.6 Å². The summed E-state index contributed by atoms with van der Waals surface area (Å²) in [5.74, 6) is -0.0842. The van der Waals surface area contributed by atoms with E-state index in [-0.39, 0.29) is 85.0 Å². The Morgan fingerprint density at radius 1 is 0.909 bits per heavy atom. The van der Waals surface area contributed by atoms with Crippen molar-refractivity contribution < 1.29 is 47.4 Å². The van der Waals surface area contributed by atoms with Crippen molar-refractivity contribution in [3.8, 4) is 33.5 Å². The van der Waals surface area contributed by atoms with Crippen molar-refractivity contribution in [1.82, 2.24) is 45.1 Å². The summed E-state index contributed by atoms with van der Waals surface area (Å²) in [6, 6.07) is 18.5. The minimum atomic E-state index is -0.864. The minimum absolute atomic E-state index is 0.0103. The number of nitrogens with zero attached hydrogens (tertiary/aromatic N) is 10. The lowest BCUT2D eigenvalue weighted by Gasteiger charge is -2.36. The second-order valence-corrected chi connectivity index (χ2v) is 25.5. The van der Waals surface area contributed by atoms with E-state index in [9.17, 15) is 19.5 Å². The highest BCUT2D eigenvalue weighted by Crippen LogP contribution is 2.44. The van der Waals surface area contributed by atoms with Gasteiger partial charge < -0.3 is 53.5 Å². The fourth-order valence-corrected chi connectivity index (χ4v) is 14.8. The van der Waals surface area contributed by atoms with Crippen molar-refractivity contribution in [3.05, 3.63) is 101 Å². The number of hydrogen-bond acceptors (Lipinski definition) is 18. The van der Waals surface area contributed by atoms with Crippen LogP contribution in [0.25, 0.3) is 43.4 Å². The van der Waals surface area contributed by atoms with E-state index >= 15 is 4.39 Å². The molecule has 3 amide bonds. The number of carbonyl (C=O) groups is 3. The molecule has 5 aliphatic rings. The summed E-state index contributed by atoms with van der Waals surface area (Å²) >= 11 is 1.58. The summed E-state index contributed by atoms with van der Waals surface area (Å²) < 4.78 is 47.4. The van der Waals surface area contributed by atoms with Crippen molar-refractivity contribution in [2.45, 2.75) is 135 Å². The number of rotatable bonds is 19. The molecule has 5 saturated heterocycles. The number of methoxy groups -OCH3 is 1. The first-order valence-corrected chi connectivity index (χ1v) is 32.2. The molecule has 7 aromatic rings. The Bertz CT molecular complexity index is 3640. The number of ether oxygens (including phenoxy) is 4. The molecule has 0 bridgehead atoms. The number of aryl methyl sites for hydroxylation is 2. The number of aliphatic hydroxyl groups excluding tert-OH is 1. The Balaban J connectivity index is 0.672. The maximum Gasteiger partial charge on any atom is 0.409 e. The lowest BCUT2D eigenvalue weighted by atomic mass is 9.91. The molecule has 5 aliphatic heterocycles. The average Bonchev–Trinajstić information content (AvgIpc) is 2.51. The third kappa shape index (κ3) is 12.3. The second-order valence-electron chi connectivity index (χ2n) is 24.7. The van der Waals surface area contributed by atoms with Gasteiger partial charge in [-0.25, -0.2) is 14.2 Å². The summed E-state index contributed by atoms with van der Waals surface area (Å²) in [5, 5.41) is 20.7.